The summed E-state index contributed by atoms with van der Waals surface area (Å²) in [4.78, 5) is 12.2. The number of fused-ring (bicyclic) bond motifs is 5. The molecule has 0 aromatic carbocycles. The van der Waals surface area contributed by atoms with Crippen LogP contribution in [0.5, 0.6) is 0 Å². The number of allylic oxidation sites excluding steroid dienone is 1. The second kappa shape index (κ2) is 10.5. The number of carbonyl (C=O) groups is 1. The fraction of sp³-hybridized carbons (Fsp3) is 0.903. The maximum atomic E-state index is 12.2. The van der Waals surface area contributed by atoms with Crippen LogP contribution in [-0.4, -0.2) is 17.5 Å². The van der Waals surface area contributed by atoms with Crippen LogP contribution in [0.15, 0.2) is 11.6 Å². The van der Waals surface area contributed by atoms with Gasteiger partial charge in [0, 0.05) is 11.8 Å². The lowest BCUT2D eigenvalue weighted by Gasteiger charge is -2.58. The number of halogens is 1. The van der Waals surface area contributed by atoms with Crippen molar-refractivity contribution in [1.29, 1.82) is 0 Å². The van der Waals surface area contributed by atoms with Gasteiger partial charge in [0.2, 0.25) is 0 Å². The maximum absolute atomic E-state index is 12.2. The zero-order valence-electron chi connectivity index (χ0n) is 22.9. The predicted octanol–water partition coefficient (Wildman–Crippen LogP) is 8.96. The van der Waals surface area contributed by atoms with E-state index in [-0.39, 0.29) is 17.5 Å². The third-order valence-electron chi connectivity index (χ3n) is 11.0. The SMILES string of the molecule is CC(C)CCC[C@H](C)[C@H]1CC[C@H]2[C@@H]3CC=C4C[C@H](OC(=O)C[C@@H](C)Cl)CC[C@]4(C)[C@H]3CC[C@]12C. The maximum Gasteiger partial charge on any atom is 0.307 e. The summed E-state index contributed by atoms with van der Waals surface area (Å²) >= 11 is 6.01. The minimum atomic E-state index is -0.152. The van der Waals surface area contributed by atoms with Crippen molar-refractivity contribution in [2.45, 2.75) is 130 Å². The van der Waals surface area contributed by atoms with Crippen LogP contribution in [0.25, 0.3) is 0 Å². The Labute approximate surface area is 215 Å². The Morgan fingerprint density at radius 2 is 1.82 bits per heavy atom. The fourth-order valence-corrected chi connectivity index (χ4v) is 9.34. The number of hydrogen-bond donors (Lipinski definition) is 0. The molecule has 34 heavy (non-hydrogen) atoms. The highest BCUT2D eigenvalue weighted by molar-refractivity contribution is 6.21. The van der Waals surface area contributed by atoms with Gasteiger partial charge in [-0.15, -0.1) is 11.6 Å². The quantitative estimate of drug-likeness (QED) is 0.193. The van der Waals surface area contributed by atoms with Crippen LogP contribution < -0.4 is 0 Å². The van der Waals surface area contributed by atoms with E-state index in [1.54, 1.807) is 5.57 Å². The van der Waals surface area contributed by atoms with E-state index in [4.69, 9.17) is 16.3 Å². The molecule has 0 saturated heterocycles. The summed E-state index contributed by atoms with van der Waals surface area (Å²) in [6.45, 7) is 14.4. The van der Waals surface area contributed by atoms with Crippen molar-refractivity contribution in [2.24, 2.45) is 46.3 Å². The number of ether oxygens (including phenoxy) is 1. The van der Waals surface area contributed by atoms with E-state index in [1.165, 1.54) is 57.8 Å². The Bertz CT molecular complexity index is 757. The van der Waals surface area contributed by atoms with E-state index in [0.717, 1.165) is 48.3 Å². The first kappa shape index (κ1) is 26.6. The molecule has 194 valence electrons. The van der Waals surface area contributed by atoms with Gasteiger partial charge in [0.1, 0.15) is 6.10 Å². The van der Waals surface area contributed by atoms with E-state index in [9.17, 15) is 4.79 Å². The highest BCUT2D eigenvalue weighted by Gasteiger charge is 2.59. The summed E-state index contributed by atoms with van der Waals surface area (Å²) < 4.78 is 5.84. The molecule has 0 aliphatic heterocycles. The average Bonchev–Trinajstić information content (AvgIpc) is 3.10. The predicted molar refractivity (Wildman–Crippen MR) is 143 cm³/mol. The molecule has 0 radical (unpaired) electrons. The zero-order valence-corrected chi connectivity index (χ0v) is 23.6. The van der Waals surface area contributed by atoms with Crippen molar-refractivity contribution in [3.8, 4) is 0 Å². The van der Waals surface area contributed by atoms with Crippen LogP contribution in [-0.2, 0) is 9.53 Å². The average molecular weight is 491 g/mol. The second-order valence-corrected chi connectivity index (χ2v) is 14.4. The molecule has 9 atom stereocenters. The molecular weight excluding hydrogens is 440 g/mol. The molecule has 0 aromatic heterocycles. The summed E-state index contributed by atoms with van der Waals surface area (Å²) in [5.41, 5.74) is 2.45. The third-order valence-corrected chi connectivity index (χ3v) is 11.2. The molecule has 4 rings (SSSR count). The molecule has 0 spiro atoms. The summed E-state index contributed by atoms with van der Waals surface area (Å²) in [5.74, 6) is 5.08. The molecule has 0 unspecified atom stereocenters. The second-order valence-electron chi connectivity index (χ2n) is 13.6. The topological polar surface area (TPSA) is 26.3 Å². The lowest BCUT2D eigenvalue weighted by molar-refractivity contribution is -0.151. The van der Waals surface area contributed by atoms with Gasteiger partial charge < -0.3 is 4.74 Å². The van der Waals surface area contributed by atoms with E-state index >= 15 is 0 Å². The number of esters is 1. The Morgan fingerprint density at radius 1 is 1.06 bits per heavy atom. The van der Waals surface area contributed by atoms with Crippen molar-refractivity contribution in [3.63, 3.8) is 0 Å². The molecule has 0 aromatic rings. The molecule has 0 heterocycles. The van der Waals surface area contributed by atoms with Gasteiger partial charge in [-0.2, -0.15) is 0 Å². The number of alkyl halides is 1. The molecule has 0 amide bonds. The largest absolute Gasteiger partial charge is 0.462 e. The van der Waals surface area contributed by atoms with E-state index in [2.05, 4.69) is 40.7 Å². The number of carbonyl (C=O) groups excluding carboxylic acids is 1. The van der Waals surface area contributed by atoms with E-state index in [0.29, 0.717) is 17.3 Å². The summed E-state index contributed by atoms with van der Waals surface area (Å²) in [6.07, 6.45) is 17.3. The monoisotopic (exact) mass is 490 g/mol. The fourth-order valence-electron chi connectivity index (χ4n) is 9.22. The van der Waals surface area contributed by atoms with Crippen LogP contribution in [0.4, 0.5) is 0 Å². The van der Waals surface area contributed by atoms with Crippen molar-refractivity contribution in [1.82, 2.24) is 0 Å². The standard InChI is InChI=1S/C31H51ClO2/c1-20(2)8-7-9-21(3)26-12-13-27-25-11-10-23-19-24(34-29(33)18-22(4)32)14-16-30(23,5)28(25)15-17-31(26,27)6/h10,20-22,24-28H,7-9,11-19H2,1-6H3/t21-,22+,24+,25-,26+,27-,28-,30-,31+/m0/s1. The molecule has 4 aliphatic rings. The van der Waals surface area contributed by atoms with Crippen LogP contribution in [0.1, 0.15) is 119 Å². The third kappa shape index (κ3) is 5.14. The molecule has 0 bridgehead atoms. The normalized spacial score (nSPS) is 41.2. The molecular formula is C31H51ClO2. The lowest BCUT2D eigenvalue weighted by atomic mass is 9.47. The summed E-state index contributed by atoms with van der Waals surface area (Å²) in [5, 5.41) is -0.152. The molecule has 3 saturated carbocycles. The summed E-state index contributed by atoms with van der Waals surface area (Å²) in [6, 6.07) is 0. The van der Waals surface area contributed by atoms with E-state index < -0.39 is 0 Å². The molecule has 0 N–H and O–H groups in total. The van der Waals surface area contributed by atoms with Crippen molar-refractivity contribution in [2.75, 3.05) is 0 Å². The van der Waals surface area contributed by atoms with Crippen LogP contribution in [0, 0.1) is 46.3 Å². The van der Waals surface area contributed by atoms with Gasteiger partial charge >= 0.3 is 5.97 Å². The minimum absolute atomic E-state index is 0.0511. The van der Waals surface area contributed by atoms with Gasteiger partial charge in [-0.25, -0.2) is 0 Å². The molecule has 2 nitrogen and oxygen atoms in total. The molecule has 4 aliphatic carbocycles. The highest BCUT2D eigenvalue weighted by Crippen LogP contribution is 2.67. The van der Waals surface area contributed by atoms with Crippen molar-refractivity contribution < 1.29 is 9.53 Å². The lowest BCUT2D eigenvalue weighted by Crippen LogP contribution is -2.51. The highest BCUT2D eigenvalue weighted by atomic mass is 35.5. The number of rotatable bonds is 8. The molecule has 3 heteroatoms. The van der Waals surface area contributed by atoms with Gasteiger partial charge in [-0.05, 0) is 98.2 Å². The van der Waals surface area contributed by atoms with Crippen molar-refractivity contribution in [3.05, 3.63) is 11.6 Å². The van der Waals surface area contributed by atoms with Gasteiger partial charge in [-0.3, -0.25) is 4.79 Å². The van der Waals surface area contributed by atoms with Crippen molar-refractivity contribution >= 4 is 17.6 Å². The number of hydrogen-bond acceptors (Lipinski definition) is 2. The van der Waals surface area contributed by atoms with Gasteiger partial charge in [0.25, 0.3) is 0 Å². The van der Waals surface area contributed by atoms with Crippen LogP contribution >= 0.6 is 11.6 Å². The zero-order chi connectivity index (χ0) is 24.7. The minimum Gasteiger partial charge on any atom is -0.462 e. The van der Waals surface area contributed by atoms with Crippen LogP contribution in [0.3, 0.4) is 0 Å². The Kier molecular flexibility index (Phi) is 8.18. The van der Waals surface area contributed by atoms with Crippen LogP contribution in [0.2, 0.25) is 0 Å². The first-order valence-electron chi connectivity index (χ1n) is 14.6. The Balaban J connectivity index is 1.42. The summed E-state index contributed by atoms with van der Waals surface area (Å²) in [7, 11) is 0. The van der Waals surface area contributed by atoms with E-state index in [1.807, 2.05) is 6.92 Å². The van der Waals surface area contributed by atoms with Gasteiger partial charge in [0.05, 0.1) is 6.42 Å². The van der Waals surface area contributed by atoms with Gasteiger partial charge in [0.15, 0.2) is 0 Å². The smallest absolute Gasteiger partial charge is 0.307 e. The Hall–Kier alpha value is -0.500. The Morgan fingerprint density at radius 3 is 2.53 bits per heavy atom. The molecule has 3 fully saturated rings. The first-order valence-corrected chi connectivity index (χ1v) is 15.0. The first-order chi connectivity index (χ1) is 16.0. The van der Waals surface area contributed by atoms with Gasteiger partial charge in [-0.1, -0.05) is 65.5 Å².